The van der Waals surface area contributed by atoms with Crippen LogP contribution in [0.3, 0.4) is 0 Å². The molecular weight excluding hydrogens is 340 g/mol. The molecule has 23 heavy (non-hydrogen) atoms. The summed E-state index contributed by atoms with van der Waals surface area (Å²) in [5.74, 6) is -0.804. The number of nitrogens with zero attached hydrogens (tertiary/aromatic N) is 2. The van der Waals surface area contributed by atoms with E-state index < -0.39 is 5.82 Å². The van der Waals surface area contributed by atoms with Crippen LogP contribution in [0.5, 0.6) is 0 Å². The summed E-state index contributed by atoms with van der Waals surface area (Å²) in [6.45, 7) is 0.253. The standard InChI is InChI=1S/C16H12Cl2FN3O/c17-11-6-9-4-5-22(15(9)13(18)7-11)8-10-2-1-3-12(14(10)19)16(20)21-23/h1-7,23H,8H2,(H2,20,21). The Bertz CT molecular complexity index is 921. The average molecular weight is 352 g/mol. The molecule has 4 nitrogen and oxygen atoms in total. The molecular formula is C16H12Cl2FN3O. The molecule has 0 spiro atoms. The van der Waals surface area contributed by atoms with Crippen LogP contribution in [-0.2, 0) is 6.54 Å². The van der Waals surface area contributed by atoms with Gasteiger partial charge in [-0.15, -0.1) is 0 Å². The van der Waals surface area contributed by atoms with Gasteiger partial charge in [-0.1, -0.05) is 40.5 Å². The normalized spacial score (nSPS) is 12.0. The van der Waals surface area contributed by atoms with Crippen molar-refractivity contribution in [3.05, 3.63) is 69.6 Å². The lowest BCUT2D eigenvalue weighted by atomic mass is 10.1. The second-order valence-electron chi connectivity index (χ2n) is 5.03. The van der Waals surface area contributed by atoms with E-state index in [1.807, 2.05) is 16.8 Å². The lowest BCUT2D eigenvalue weighted by Crippen LogP contribution is -2.16. The summed E-state index contributed by atoms with van der Waals surface area (Å²) in [6, 6.07) is 10.0. The molecule has 0 fully saturated rings. The maximum Gasteiger partial charge on any atom is 0.173 e. The molecule has 3 N–H and O–H groups in total. The van der Waals surface area contributed by atoms with Crippen LogP contribution < -0.4 is 5.73 Å². The zero-order valence-corrected chi connectivity index (χ0v) is 13.3. The van der Waals surface area contributed by atoms with Crippen molar-refractivity contribution in [3.8, 4) is 0 Å². The number of hydrogen-bond donors (Lipinski definition) is 2. The van der Waals surface area contributed by atoms with E-state index in [-0.39, 0.29) is 17.9 Å². The number of fused-ring (bicyclic) bond motifs is 1. The lowest BCUT2D eigenvalue weighted by molar-refractivity contribution is 0.318. The highest BCUT2D eigenvalue weighted by atomic mass is 35.5. The Balaban J connectivity index is 2.07. The van der Waals surface area contributed by atoms with Crippen molar-refractivity contribution in [1.29, 1.82) is 0 Å². The highest BCUT2D eigenvalue weighted by molar-refractivity contribution is 6.38. The van der Waals surface area contributed by atoms with Gasteiger partial charge in [0.2, 0.25) is 0 Å². The van der Waals surface area contributed by atoms with E-state index in [9.17, 15) is 4.39 Å². The van der Waals surface area contributed by atoms with Gasteiger partial charge in [-0.25, -0.2) is 4.39 Å². The molecule has 3 rings (SSSR count). The number of oxime groups is 1. The fourth-order valence-electron chi connectivity index (χ4n) is 2.53. The van der Waals surface area contributed by atoms with E-state index in [0.717, 1.165) is 10.9 Å². The molecule has 118 valence electrons. The predicted molar refractivity (Wildman–Crippen MR) is 90.0 cm³/mol. The predicted octanol–water partition coefficient (Wildman–Crippen LogP) is 4.23. The summed E-state index contributed by atoms with van der Waals surface area (Å²) >= 11 is 12.2. The van der Waals surface area contributed by atoms with Crippen molar-refractivity contribution in [2.45, 2.75) is 6.54 Å². The Morgan fingerprint density at radius 3 is 2.78 bits per heavy atom. The van der Waals surface area contributed by atoms with Crippen LogP contribution in [0.15, 0.2) is 47.8 Å². The monoisotopic (exact) mass is 351 g/mol. The number of hydrogen-bond acceptors (Lipinski definition) is 2. The number of rotatable bonds is 3. The van der Waals surface area contributed by atoms with Crippen LogP contribution in [0.4, 0.5) is 4.39 Å². The maximum atomic E-state index is 14.5. The van der Waals surface area contributed by atoms with E-state index >= 15 is 0 Å². The molecule has 0 radical (unpaired) electrons. The quantitative estimate of drug-likeness (QED) is 0.321. The summed E-state index contributed by atoms with van der Waals surface area (Å²) in [5, 5.41) is 13.5. The van der Waals surface area contributed by atoms with Crippen LogP contribution >= 0.6 is 23.2 Å². The number of halogens is 3. The zero-order valence-electron chi connectivity index (χ0n) is 11.8. The molecule has 0 amide bonds. The molecule has 7 heteroatoms. The molecule has 0 atom stereocenters. The largest absolute Gasteiger partial charge is 0.409 e. The van der Waals surface area contributed by atoms with E-state index in [2.05, 4.69) is 5.16 Å². The molecule has 1 aromatic heterocycles. The first-order valence-corrected chi connectivity index (χ1v) is 7.46. The Morgan fingerprint density at radius 1 is 1.26 bits per heavy atom. The lowest BCUT2D eigenvalue weighted by Gasteiger charge is -2.10. The van der Waals surface area contributed by atoms with Gasteiger partial charge in [-0.3, -0.25) is 0 Å². The van der Waals surface area contributed by atoms with Crippen molar-refractivity contribution in [2.24, 2.45) is 10.9 Å². The third-order valence-corrected chi connectivity index (χ3v) is 4.09. The molecule has 0 saturated carbocycles. The first kappa shape index (κ1) is 15.6. The minimum Gasteiger partial charge on any atom is -0.409 e. The van der Waals surface area contributed by atoms with E-state index in [0.29, 0.717) is 15.6 Å². The molecule has 0 bridgehead atoms. The summed E-state index contributed by atoms with van der Waals surface area (Å²) in [7, 11) is 0. The van der Waals surface area contributed by atoms with Gasteiger partial charge in [-0.2, -0.15) is 0 Å². The summed E-state index contributed by atoms with van der Waals surface area (Å²) in [6.07, 6.45) is 1.81. The average Bonchev–Trinajstić information content (AvgIpc) is 2.91. The smallest absolute Gasteiger partial charge is 0.173 e. The number of aromatic nitrogens is 1. The third kappa shape index (κ3) is 2.85. The van der Waals surface area contributed by atoms with Crippen molar-refractivity contribution in [1.82, 2.24) is 4.57 Å². The van der Waals surface area contributed by atoms with E-state index in [1.54, 1.807) is 24.3 Å². The Hall–Kier alpha value is -2.24. The number of nitrogens with two attached hydrogens (primary N) is 1. The van der Waals surface area contributed by atoms with Crippen molar-refractivity contribution in [2.75, 3.05) is 0 Å². The minimum atomic E-state index is -0.533. The van der Waals surface area contributed by atoms with Crippen LogP contribution in [0.1, 0.15) is 11.1 Å². The van der Waals surface area contributed by atoms with Gasteiger partial charge < -0.3 is 15.5 Å². The number of amidine groups is 1. The topological polar surface area (TPSA) is 63.5 Å². The molecule has 0 aliphatic heterocycles. The fourth-order valence-corrected chi connectivity index (χ4v) is 3.15. The molecule has 0 saturated heterocycles. The zero-order chi connectivity index (χ0) is 16.6. The van der Waals surface area contributed by atoms with Crippen molar-refractivity contribution in [3.63, 3.8) is 0 Å². The first-order chi connectivity index (χ1) is 11.0. The van der Waals surface area contributed by atoms with Gasteiger partial charge in [0, 0.05) is 22.2 Å². The molecule has 2 aromatic carbocycles. The van der Waals surface area contributed by atoms with Crippen molar-refractivity contribution < 1.29 is 9.60 Å². The van der Waals surface area contributed by atoms with Gasteiger partial charge in [0.1, 0.15) is 5.82 Å². The van der Waals surface area contributed by atoms with Crippen LogP contribution in [0.25, 0.3) is 10.9 Å². The highest BCUT2D eigenvalue weighted by Crippen LogP contribution is 2.29. The Labute approximate surface area is 141 Å². The van der Waals surface area contributed by atoms with Gasteiger partial charge in [0.05, 0.1) is 22.6 Å². The van der Waals surface area contributed by atoms with Gasteiger partial charge in [0.25, 0.3) is 0 Å². The highest BCUT2D eigenvalue weighted by Gasteiger charge is 2.14. The second kappa shape index (κ2) is 6.10. The summed E-state index contributed by atoms with van der Waals surface area (Å²) < 4.78 is 16.3. The molecule has 0 aliphatic rings. The van der Waals surface area contributed by atoms with E-state index in [4.69, 9.17) is 34.1 Å². The van der Waals surface area contributed by atoms with E-state index in [1.165, 1.54) is 6.07 Å². The fraction of sp³-hybridized carbons (Fsp3) is 0.0625. The van der Waals surface area contributed by atoms with Gasteiger partial charge in [-0.05, 0) is 24.3 Å². The van der Waals surface area contributed by atoms with Crippen LogP contribution in [-0.4, -0.2) is 15.6 Å². The second-order valence-corrected chi connectivity index (χ2v) is 5.88. The first-order valence-electron chi connectivity index (χ1n) is 6.70. The van der Waals surface area contributed by atoms with Gasteiger partial charge >= 0.3 is 0 Å². The van der Waals surface area contributed by atoms with Crippen LogP contribution in [0, 0.1) is 5.82 Å². The third-order valence-electron chi connectivity index (χ3n) is 3.58. The Morgan fingerprint density at radius 2 is 2.04 bits per heavy atom. The molecule has 1 heterocycles. The molecule has 0 aliphatic carbocycles. The van der Waals surface area contributed by atoms with Gasteiger partial charge in [0.15, 0.2) is 5.84 Å². The van der Waals surface area contributed by atoms with Crippen molar-refractivity contribution >= 4 is 39.9 Å². The maximum absolute atomic E-state index is 14.5. The number of benzene rings is 2. The summed E-state index contributed by atoms with van der Waals surface area (Å²) in [5.41, 5.74) is 6.71. The Kier molecular flexibility index (Phi) is 4.15. The minimum absolute atomic E-state index is 0.0515. The molecule has 3 aromatic rings. The summed E-state index contributed by atoms with van der Waals surface area (Å²) in [4.78, 5) is 0. The molecule has 0 unspecified atom stereocenters. The van der Waals surface area contributed by atoms with Crippen LogP contribution in [0.2, 0.25) is 10.0 Å². The SMILES string of the molecule is N/C(=N\O)c1cccc(Cn2ccc3cc(Cl)cc(Cl)c32)c1F.